The Hall–Kier alpha value is -1.32. The van der Waals surface area contributed by atoms with Crippen LogP contribution in [0.1, 0.15) is 20.3 Å². The quantitative estimate of drug-likeness (QED) is 0.488. The van der Waals surface area contributed by atoms with Crippen LogP contribution >= 0.6 is 0 Å². The van der Waals surface area contributed by atoms with Crippen molar-refractivity contribution < 1.29 is 19.1 Å². The standard InChI is InChI=1S/C9H14O4/c1-6(2)7(9(11)13-4)5-8(10)12-3/h5H2,1-4H3. The summed E-state index contributed by atoms with van der Waals surface area (Å²) in [6, 6.07) is 0. The lowest BCUT2D eigenvalue weighted by Gasteiger charge is -2.05. The largest absolute Gasteiger partial charge is 0.469 e. The van der Waals surface area contributed by atoms with E-state index >= 15 is 0 Å². The first-order valence-corrected chi connectivity index (χ1v) is 3.84. The highest BCUT2D eigenvalue weighted by molar-refractivity contribution is 5.94. The van der Waals surface area contributed by atoms with Crippen LogP contribution in [0, 0.1) is 0 Å². The van der Waals surface area contributed by atoms with Gasteiger partial charge in [0.25, 0.3) is 0 Å². The van der Waals surface area contributed by atoms with Crippen molar-refractivity contribution in [2.45, 2.75) is 20.3 Å². The van der Waals surface area contributed by atoms with Crippen molar-refractivity contribution in [3.8, 4) is 0 Å². The van der Waals surface area contributed by atoms with E-state index in [0.29, 0.717) is 5.57 Å². The van der Waals surface area contributed by atoms with E-state index in [1.165, 1.54) is 14.2 Å². The van der Waals surface area contributed by atoms with Gasteiger partial charge in [-0.25, -0.2) is 4.79 Å². The predicted octanol–water partition coefficient (Wildman–Crippen LogP) is 1.06. The average Bonchev–Trinajstić information content (AvgIpc) is 2.11. The van der Waals surface area contributed by atoms with Crippen LogP contribution < -0.4 is 0 Å². The summed E-state index contributed by atoms with van der Waals surface area (Å²) in [5, 5.41) is 0. The maximum atomic E-state index is 11.1. The first kappa shape index (κ1) is 11.7. The Bertz CT molecular complexity index is 236. The summed E-state index contributed by atoms with van der Waals surface area (Å²) in [5.74, 6) is -0.924. The topological polar surface area (TPSA) is 52.6 Å². The fourth-order valence-corrected chi connectivity index (χ4v) is 0.793. The molecule has 74 valence electrons. The van der Waals surface area contributed by atoms with Gasteiger partial charge in [-0.05, 0) is 13.8 Å². The van der Waals surface area contributed by atoms with E-state index in [2.05, 4.69) is 9.47 Å². The van der Waals surface area contributed by atoms with Crippen LogP contribution in [-0.4, -0.2) is 26.2 Å². The van der Waals surface area contributed by atoms with Gasteiger partial charge in [-0.15, -0.1) is 0 Å². The van der Waals surface area contributed by atoms with Gasteiger partial charge >= 0.3 is 11.9 Å². The second-order valence-electron chi connectivity index (χ2n) is 2.72. The van der Waals surface area contributed by atoms with Crippen molar-refractivity contribution in [2.75, 3.05) is 14.2 Å². The minimum atomic E-state index is -0.481. The highest BCUT2D eigenvalue weighted by atomic mass is 16.5. The molecule has 0 aromatic heterocycles. The second-order valence-corrected chi connectivity index (χ2v) is 2.72. The van der Waals surface area contributed by atoms with Gasteiger partial charge in [-0.1, -0.05) is 5.57 Å². The molecule has 0 unspecified atom stereocenters. The van der Waals surface area contributed by atoms with Crippen LogP contribution in [0.4, 0.5) is 0 Å². The van der Waals surface area contributed by atoms with Crippen molar-refractivity contribution in [1.29, 1.82) is 0 Å². The van der Waals surface area contributed by atoms with Crippen LogP contribution in [0.15, 0.2) is 11.1 Å². The summed E-state index contributed by atoms with van der Waals surface area (Å²) in [6.45, 7) is 3.49. The molecule has 4 heteroatoms. The first-order valence-electron chi connectivity index (χ1n) is 3.84. The molecule has 0 aliphatic carbocycles. The van der Waals surface area contributed by atoms with Crippen molar-refractivity contribution in [1.82, 2.24) is 0 Å². The van der Waals surface area contributed by atoms with Crippen LogP contribution in [0.25, 0.3) is 0 Å². The van der Waals surface area contributed by atoms with Gasteiger partial charge in [0, 0.05) is 5.57 Å². The first-order chi connectivity index (χ1) is 6.02. The number of rotatable bonds is 3. The molecule has 0 radical (unpaired) electrons. The molecular formula is C9H14O4. The molecule has 0 atom stereocenters. The summed E-state index contributed by atoms with van der Waals surface area (Å²) in [5.41, 5.74) is 1.12. The van der Waals surface area contributed by atoms with Crippen LogP contribution in [0.5, 0.6) is 0 Å². The van der Waals surface area contributed by atoms with E-state index in [9.17, 15) is 9.59 Å². The summed E-state index contributed by atoms with van der Waals surface area (Å²) < 4.78 is 8.96. The smallest absolute Gasteiger partial charge is 0.334 e. The zero-order chi connectivity index (χ0) is 10.4. The Morgan fingerprint density at radius 1 is 1.08 bits per heavy atom. The molecule has 0 heterocycles. The van der Waals surface area contributed by atoms with E-state index in [-0.39, 0.29) is 6.42 Å². The third-order valence-electron chi connectivity index (χ3n) is 1.58. The maximum Gasteiger partial charge on any atom is 0.334 e. The Morgan fingerprint density at radius 2 is 1.62 bits per heavy atom. The molecule has 0 amide bonds. The van der Waals surface area contributed by atoms with Gasteiger partial charge < -0.3 is 9.47 Å². The van der Waals surface area contributed by atoms with Gasteiger partial charge in [-0.3, -0.25) is 4.79 Å². The van der Waals surface area contributed by atoms with E-state index in [0.717, 1.165) is 5.57 Å². The number of carbonyl (C=O) groups is 2. The van der Waals surface area contributed by atoms with E-state index in [1.807, 2.05) is 0 Å². The summed E-state index contributed by atoms with van der Waals surface area (Å²) in [4.78, 5) is 22.0. The Balaban J connectivity index is 4.57. The number of esters is 2. The van der Waals surface area contributed by atoms with Crippen LogP contribution in [-0.2, 0) is 19.1 Å². The molecule has 0 aromatic carbocycles. The summed E-state index contributed by atoms with van der Waals surface area (Å²) in [7, 11) is 2.56. The van der Waals surface area contributed by atoms with Gasteiger partial charge in [-0.2, -0.15) is 0 Å². The van der Waals surface area contributed by atoms with Gasteiger partial charge in [0.1, 0.15) is 0 Å². The zero-order valence-electron chi connectivity index (χ0n) is 8.34. The fourth-order valence-electron chi connectivity index (χ4n) is 0.793. The Morgan fingerprint density at radius 3 is 1.92 bits per heavy atom. The monoisotopic (exact) mass is 186 g/mol. The van der Waals surface area contributed by atoms with Crippen LogP contribution in [0.3, 0.4) is 0 Å². The number of hydrogen-bond donors (Lipinski definition) is 0. The van der Waals surface area contributed by atoms with Crippen molar-refractivity contribution >= 4 is 11.9 Å². The van der Waals surface area contributed by atoms with Gasteiger partial charge in [0.2, 0.25) is 0 Å². The Kier molecular flexibility index (Phi) is 4.80. The maximum absolute atomic E-state index is 11.1. The van der Waals surface area contributed by atoms with E-state index in [1.54, 1.807) is 13.8 Å². The predicted molar refractivity (Wildman–Crippen MR) is 47.0 cm³/mol. The fraction of sp³-hybridized carbons (Fsp3) is 0.556. The lowest BCUT2D eigenvalue weighted by Crippen LogP contribution is -2.12. The normalized spacial score (nSPS) is 8.92. The number of methoxy groups -OCH3 is 2. The molecule has 0 fully saturated rings. The van der Waals surface area contributed by atoms with Crippen molar-refractivity contribution in [2.24, 2.45) is 0 Å². The molecule has 0 aliphatic rings. The summed E-state index contributed by atoms with van der Waals surface area (Å²) >= 11 is 0. The Labute approximate surface area is 77.5 Å². The molecule has 0 spiro atoms. The molecule has 4 nitrogen and oxygen atoms in total. The van der Waals surface area contributed by atoms with E-state index < -0.39 is 11.9 Å². The minimum absolute atomic E-state index is 0.0362. The van der Waals surface area contributed by atoms with Crippen molar-refractivity contribution in [3.05, 3.63) is 11.1 Å². The summed E-state index contributed by atoms with van der Waals surface area (Å²) in [6.07, 6.45) is -0.0362. The zero-order valence-corrected chi connectivity index (χ0v) is 8.34. The van der Waals surface area contributed by atoms with Gasteiger partial charge in [0.05, 0.1) is 20.6 Å². The second kappa shape index (κ2) is 5.35. The molecule has 13 heavy (non-hydrogen) atoms. The number of carbonyl (C=O) groups excluding carboxylic acids is 2. The lowest BCUT2D eigenvalue weighted by molar-refractivity contribution is -0.143. The van der Waals surface area contributed by atoms with Gasteiger partial charge in [0.15, 0.2) is 0 Å². The molecule has 0 saturated heterocycles. The molecule has 0 saturated carbocycles. The highest BCUT2D eigenvalue weighted by Gasteiger charge is 2.15. The molecule has 0 N–H and O–H groups in total. The minimum Gasteiger partial charge on any atom is -0.469 e. The molecule has 0 rings (SSSR count). The molecular weight excluding hydrogens is 172 g/mol. The molecule has 0 aromatic rings. The average molecular weight is 186 g/mol. The number of ether oxygens (including phenoxy) is 2. The third-order valence-corrected chi connectivity index (χ3v) is 1.58. The lowest BCUT2D eigenvalue weighted by atomic mass is 10.1. The highest BCUT2D eigenvalue weighted by Crippen LogP contribution is 2.10. The molecule has 0 aliphatic heterocycles. The number of hydrogen-bond acceptors (Lipinski definition) is 4. The number of allylic oxidation sites excluding steroid dienone is 1. The SMILES string of the molecule is COC(=O)CC(C(=O)OC)=C(C)C. The van der Waals surface area contributed by atoms with Crippen LogP contribution in [0.2, 0.25) is 0 Å². The third kappa shape index (κ3) is 3.73. The van der Waals surface area contributed by atoms with Crippen molar-refractivity contribution in [3.63, 3.8) is 0 Å². The molecule has 0 bridgehead atoms. The van der Waals surface area contributed by atoms with E-state index in [4.69, 9.17) is 0 Å².